The van der Waals surface area contributed by atoms with Crippen molar-refractivity contribution in [3.05, 3.63) is 59.1 Å². The van der Waals surface area contributed by atoms with Gasteiger partial charge in [-0.25, -0.2) is 0 Å². The van der Waals surface area contributed by atoms with Crippen molar-refractivity contribution < 1.29 is 4.79 Å². The standard InChI is InChI=1S/C18H20ClNOS/c1-3-13-7-5-6-8-16(13)20-18(21)17(4-2)22-15-11-9-14(19)10-12-15/h5-12,17H,3-4H2,1-2H3,(H,20,21)/t17-/m1/s1. The normalized spacial score (nSPS) is 12.0. The van der Waals surface area contributed by atoms with Crippen LogP contribution in [0.1, 0.15) is 25.8 Å². The predicted molar refractivity (Wildman–Crippen MR) is 95.8 cm³/mol. The number of amides is 1. The van der Waals surface area contributed by atoms with E-state index in [0.29, 0.717) is 5.02 Å². The Labute approximate surface area is 141 Å². The lowest BCUT2D eigenvalue weighted by Gasteiger charge is -2.16. The lowest BCUT2D eigenvalue weighted by molar-refractivity contribution is -0.115. The first kappa shape index (κ1) is 16.9. The number of benzene rings is 2. The Kier molecular flexibility index (Phi) is 6.34. The molecule has 0 unspecified atom stereocenters. The van der Waals surface area contributed by atoms with Crippen LogP contribution < -0.4 is 5.32 Å². The van der Waals surface area contributed by atoms with Gasteiger partial charge in [0.25, 0.3) is 0 Å². The molecule has 0 bridgehead atoms. The number of rotatable bonds is 6. The summed E-state index contributed by atoms with van der Waals surface area (Å²) in [5.74, 6) is 0.0448. The van der Waals surface area contributed by atoms with E-state index in [4.69, 9.17) is 11.6 Å². The van der Waals surface area contributed by atoms with E-state index in [1.807, 2.05) is 55.5 Å². The van der Waals surface area contributed by atoms with Crippen LogP contribution in [0.5, 0.6) is 0 Å². The molecule has 0 radical (unpaired) electrons. The van der Waals surface area contributed by atoms with E-state index in [1.165, 1.54) is 0 Å². The van der Waals surface area contributed by atoms with Gasteiger partial charge in [0.05, 0.1) is 5.25 Å². The smallest absolute Gasteiger partial charge is 0.237 e. The Balaban J connectivity index is 2.07. The van der Waals surface area contributed by atoms with Crippen LogP contribution in [-0.4, -0.2) is 11.2 Å². The molecular weight excluding hydrogens is 314 g/mol. The van der Waals surface area contributed by atoms with Crippen LogP contribution in [0, 0.1) is 0 Å². The van der Waals surface area contributed by atoms with Gasteiger partial charge in [-0.05, 0) is 48.7 Å². The first-order valence-electron chi connectivity index (χ1n) is 7.45. The van der Waals surface area contributed by atoms with Gasteiger partial charge in [0, 0.05) is 15.6 Å². The Morgan fingerprint density at radius 2 is 1.82 bits per heavy atom. The third kappa shape index (κ3) is 4.52. The summed E-state index contributed by atoms with van der Waals surface area (Å²) in [5, 5.41) is 3.65. The molecule has 22 heavy (non-hydrogen) atoms. The average Bonchev–Trinajstić information content (AvgIpc) is 2.54. The first-order valence-corrected chi connectivity index (χ1v) is 8.70. The molecule has 0 spiro atoms. The number of halogens is 1. The van der Waals surface area contributed by atoms with Crippen molar-refractivity contribution in [1.29, 1.82) is 0 Å². The SMILES string of the molecule is CCc1ccccc1NC(=O)[C@@H](CC)Sc1ccc(Cl)cc1. The van der Waals surface area contributed by atoms with Gasteiger partial charge < -0.3 is 5.32 Å². The zero-order valence-corrected chi connectivity index (χ0v) is 14.4. The van der Waals surface area contributed by atoms with Crippen LogP contribution in [-0.2, 0) is 11.2 Å². The second-order valence-corrected chi connectivity index (χ2v) is 6.68. The second kappa shape index (κ2) is 8.25. The molecule has 0 aliphatic carbocycles. The summed E-state index contributed by atoms with van der Waals surface area (Å²) in [5.41, 5.74) is 2.06. The highest BCUT2D eigenvalue weighted by Gasteiger charge is 2.18. The maximum Gasteiger partial charge on any atom is 0.237 e. The first-order chi connectivity index (χ1) is 10.6. The Hall–Kier alpha value is -1.45. The van der Waals surface area contributed by atoms with Gasteiger partial charge in [0.1, 0.15) is 0 Å². The minimum Gasteiger partial charge on any atom is -0.325 e. The van der Waals surface area contributed by atoms with Crippen LogP contribution >= 0.6 is 23.4 Å². The van der Waals surface area contributed by atoms with Gasteiger partial charge in [0.15, 0.2) is 0 Å². The van der Waals surface area contributed by atoms with Crippen molar-refractivity contribution in [3.63, 3.8) is 0 Å². The Morgan fingerprint density at radius 1 is 1.14 bits per heavy atom. The fourth-order valence-corrected chi connectivity index (χ4v) is 3.24. The monoisotopic (exact) mass is 333 g/mol. The number of hydrogen-bond acceptors (Lipinski definition) is 2. The number of nitrogens with one attached hydrogen (secondary N) is 1. The lowest BCUT2D eigenvalue weighted by atomic mass is 10.1. The van der Waals surface area contributed by atoms with Gasteiger partial charge in [0.2, 0.25) is 5.91 Å². The van der Waals surface area contributed by atoms with Crippen LogP contribution in [0.15, 0.2) is 53.4 Å². The topological polar surface area (TPSA) is 29.1 Å². The molecule has 0 saturated carbocycles. The minimum absolute atomic E-state index is 0.0448. The maximum atomic E-state index is 12.5. The molecule has 1 amide bonds. The average molecular weight is 334 g/mol. The summed E-state index contributed by atoms with van der Waals surface area (Å²) in [7, 11) is 0. The second-order valence-electron chi connectivity index (χ2n) is 4.97. The molecule has 1 N–H and O–H groups in total. The molecule has 0 saturated heterocycles. The minimum atomic E-state index is -0.119. The number of aryl methyl sites for hydroxylation is 1. The summed E-state index contributed by atoms with van der Waals surface area (Å²) < 4.78 is 0. The van der Waals surface area contributed by atoms with Gasteiger partial charge in [-0.1, -0.05) is 43.6 Å². The molecule has 0 aliphatic rings. The van der Waals surface area contributed by atoms with E-state index in [1.54, 1.807) is 11.8 Å². The summed E-state index contributed by atoms with van der Waals surface area (Å²) in [6.07, 6.45) is 1.67. The van der Waals surface area contributed by atoms with E-state index >= 15 is 0 Å². The molecular formula is C18H20ClNOS. The molecule has 2 aromatic rings. The van der Waals surface area contributed by atoms with Crippen LogP contribution in [0.3, 0.4) is 0 Å². The molecule has 2 nitrogen and oxygen atoms in total. The van der Waals surface area contributed by atoms with E-state index in [-0.39, 0.29) is 11.2 Å². The van der Waals surface area contributed by atoms with Crippen molar-refractivity contribution in [1.82, 2.24) is 0 Å². The van der Waals surface area contributed by atoms with Gasteiger partial charge in [-0.15, -0.1) is 11.8 Å². The van der Waals surface area contributed by atoms with Gasteiger partial charge in [-0.2, -0.15) is 0 Å². The number of para-hydroxylation sites is 1. The predicted octanol–water partition coefficient (Wildman–Crippen LogP) is 5.41. The number of thioether (sulfide) groups is 1. The molecule has 1 atom stereocenters. The molecule has 0 aromatic heterocycles. The number of carbonyl (C=O) groups is 1. The number of carbonyl (C=O) groups excluding carboxylic acids is 1. The Morgan fingerprint density at radius 3 is 2.45 bits per heavy atom. The van der Waals surface area contributed by atoms with Crippen molar-refractivity contribution in [3.8, 4) is 0 Å². The largest absolute Gasteiger partial charge is 0.325 e. The van der Waals surface area contributed by atoms with Gasteiger partial charge in [-0.3, -0.25) is 4.79 Å². The fraction of sp³-hybridized carbons (Fsp3) is 0.278. The summed E-state index contributed by atoms with van der Waals surface area (Å²) in [6, 6.07) is 15.5. The lowest BCUT2D eigenvalue weighted by Crippen LogP contribution is -2.25. The highest BCUT2D eigenvalue weighted by atomic mass is 35.5. The van der Waals surface area contributed by atoms with E-state index in [2.05, 4.69) is 12.2 Å². The van der Waals surface area contributed by atoms with Crippen LogP contribution in [0.25, 0.3) is 0 Å². The zero-order chi connectivity index (χ0) is 15.9. The summed E-state index contributed by atoms with van der Waals surface area (Å²) >= 11 is 7.46. The molecule has 116 valence electrons. The molecule has 4 heteroatoms. The summed E-state index contributed by atoms with van der Waals surface area (Å²) in [4.78, 5) is 13.6. The van der Waals surface area contributed by atoms with Gasteiger partial charge >= 0.3 is 0 Å². The summed E-state index contributed by atoms with van der Waals surface area (Å²) in [6.45, 7) is 4.11. The molecule has 0 heterocycles. The molecule has 0 fully saturated rings. The number of anilines is 1. The zero-order valence-electron chi connectivity index (χ0n) is 12.8. The van der Waals surface area contributed by atoms with E-state index in [0.717, 1.165) is 29.0 Å². The van der Waals surface area contributed by atoms with E-state index < -0.39 is 0 Å². The fourth-order valence-electron chi connectivity index (χ4n) is 2.16. The van der Waals surface area contributed by atoms with Crippen LogP contribution in [0.4, 0.5) is 5.69 Å². The van der Waals surface area contributed by atoms with E-state index in [9.17, 15) is 4.79 Å². The third-order valence-electron chi connectivity index (χ3n) is 3.41. The number of hydrogen-bond donors (Lipinski definition) is 1. The highest BCUT2D eigenvalue weighted by Crippen LogP contribution is 2.28. The molecule has 2 aromatic carbocycles. The molecule has 0 aliphatic heterocycles. The highest BCUT2D eigenvalue weighted by molar-refractivity contribution is 8.00. The maximum absolute atomic E-state index is 12.5. The van der Waals surface area contributed by atoms with Crippen molar-refractivity contribution in [2.24, 2.45) is 0 Å². The van der Waals surface area contributed by atoms with Crippen molar-refractivity contribution in [2.75, 3.05) is 5.32 Å². The van der Waals surface area contributed by atoms with Crippen LogP contribution in [0.2, 0.25) is 5.02 Å². The third-order valence-corrected chi connectivity index (χ3v) is 5.04. The molecule has 2 rings (SSSR count). The Bertz CT molecular complexity index is 627. The van der Waals surface area contributed by atoms with Crippen molar-refractivity contribution >= 4 is 35.0 Å². The quantitative estimate of drug-likeness (QED) is 0.716. The van der Waals surface area contributed by atoms with Crippen molar-refractivity contribution in [2.45, 2.75) is 36.8 Å².